The van der Waals surface area contributed by atoms with Crippen LogP contribution in [0.5, 0.6) is 0 Å². The molecule has 0 aliphatic heterocycles. The summed E-state index contributed by atoms with van der Waals surface area (Å²) < 4.78 is 35.3. The summed E-state index contributed by atoms with van der Waals surface area (Å²) in [5, 5.41) is 0. The second kappa shape index (κ2) is 4.08. The van der Waals surface area contributed by atoms with E-state index in [-0.39, 0.29) is 0 Å². The SMILES string of the molecule is CP(C)(C)(Cc1ccccc1)OS(=O)(=O)O. The van der Waals surface area contributed by atoms with Crippen molar-refractivity contribution < 1.29 is 16.9 Å². The third-order valence-electron chi connectivity index (χ3n) is 1.93. The standard InChI is InChI=1S/C10H17O4PS/c1-15(2,3,14-16(11,12)13)9-10-7-5-4-6-8-10/h4-8H,9H2,1-3H3,(H,11,12,13). The molecule has 0 atom stereocenters. The Morgan fingerprint density at radius 1 is 1.19 bits per heavy atom. The molecule has 0 unspecified atom stereocenters. The molecule has 0 spiro atoms. The quantitative estimate of drug-likeness (QED) is 0.669. The number of benzene rings is 1. The summed E-state index contributed by atoms with van der Waals surface area (Å²) in [4.78, 5) is 0. The van der Waals surface area contributed by atoms with Crippen LogP contribution in [0.15, 0.2) is 30.3 Å². The van der Waals surface area contributed by atoms with Crippen LogP contribution in [-0.4, -0.2) is 33.0 Å². The summed E-state index contributed by atoms with van der Waals surface area (Å²) in [6.07, 6.45) is 0.506. The first-order valence-electron chi connectivity index (χ1n) is 4.79. The summed E-state index contributed by atoms with van der Waals surface area (Å²) in [5.41, 5.74) is 0.997. The Hall–Kier alpha value is -0.480. The van der Waals surface area contributed by atoms with Gasteiger partial charge >= 0.3 is 96.2 Å². The van der Waals surface area contributed by atoms with Gasteiger partial charge in [0.2, 0.25) is 0 Å². The van der Waals surface area contributed by atoms with Crippen LogP contribution in [0.1, 0.15) is 5.56 Å². The molecule has 1 aromatic rings. The summed E-state index contributed by atoms with van der Waals surface area (Å²) in [6.45, 7) is 2.38. The van der Waals surface area contributed by atoms with Gasteiger partial charge in [0, 0.05) is 0 Å². The third-order valence-corrected chi connectivity index (χ3v) is 6.34. The Bertz CT molecular complexity index is 459. The van der Waals surface area contributed by atoms with Crippen LogP contribution in [0.25, 0.3) is 0 Å². The summed E-state index contributed by atoms with van der Waals surface area (Å²) >= 11 is 0. The second-order valence-electron chi connectivity index (χ2n) is 5.11. The molecule has 0 radical (unpaired) electrons. The van der Waals surface area contributed by atoms with E-state index in [1.807, 2.05) is 30.3 Å². The minimum atomic E-state index is -4.40. The van der Waals surface area contributed by atoms with Crippen LogP contribution in [0.2, 0.25) is 0 Å². The Morgan fingerprint density at radius 2 is 1.69 bits per heavy atom. The Labute approximate surface area is 96.6 Å². The van der Waals surface area contributed by atoms with Crippen molar-refractivity contribution in [3.05, 3.63) is 35.9 Å². The van der Waals surface area contributed by atoms with E-state index < -0.39 is 17.2 Å². The summed E-state index contributed by atoms with van der Waals surface area (Å²) in [5.74, 6) is 0. The van der Waals surface area contributed by atoms with Gasteiger partial charge in [-0.3, -0.25) is 0 Å². The first-order chi connectivity index (χ1) is 7.05. The predicted molar refractivity (Wildman–Crippen MR) is 67.5 cm³/mol. The van der Waals surface area contributed by atoms with E-state index in [9.17, 15) is 8.42 Å². The van der Waals surface area contributed by atoms with Crippen LogP contribution < -0.4 is 0 Å². The molecule has 0 saturated carbocycles. The number of hydrogen-bond donors (Lipinski definition) is 1. The molecule has 16 heavy (non-hydrogen) atoms. The van der Waals surface area contributed by atoms with Crippen molar-refractivity contribution >= 4 is 17.2 Å². The van der Waals surface area contributed by atoms with Crippen LogP contribution in [0.4, 0.5) is 0 Å². The fourth-order valence-electron chi connectivity index (χ4n) is 1.58. The van der Waals surface area contributed by atoms with E-state index in [1.54, 1.807) is 20.0 Å². The van der Waals surface area contributed by atoms with E-state index in [1.165, 1.54) is 0 Å². The van der Waals surface area contributed by atoms with Gasteiger partial charge in [0.25, 0.3) is 0 Å². The molecule has 0 amide bonds. The molecule has 0 aromatic heterocycles. The fourth-order valence-corrected chi connectivity index (χ4v) is 6.04. The minimum absolute atomic E-state index is 0.506. The van der Waals surface area contributed by atoms with Crippen LogP contribution in [0, 0.1) is 0 Å². The van der Waals surface area contributed by atoms with Crippen molar-refractivity contribution in [2.75, 3.05) is 20.0 Å². The molecule has 1 rings (SSSR count). The van der Waals surface area contributed by atoms with E-state index in [2.05, 4.69) is 0 Å². The molecular formula is C10H17O4PS. The van der Waals surface area contributed by atoms with Crippen molar-refractivity contribution in [2.45, 2.75) is 6.16 Å². The van der Waals surface area contributed by atoms with Gasteiger partial charge in [0.15, 0.2) is 0 Å². The predicted octanol–water partition coefficient (Wildman–Crippen LogP) is 2.36. The van der Waals surface area contributed by atoms with Crippen molar-refractivity contribution in [1.82, 2.24) is 0 Å². The van der Waals surface area contributed by atoms with Gasteiger partial charge in [-0.15, -0.1) is 0 Å². The monoisotopic (exact) mass is 264 g/mol. The van der Waals surface area contributed by atoms with Crippen molar-refractivity contribution in [1.29, 1.82) is 0 Å². The molecule has 0 aliphatic rings. The molecule has 0 heterocycles. The molecule has 1 N–H and O–H groups in total. The molecule has 4 nitrogen and oxygen atoms in total. The third kappa shape index (κ3) is 5.03. The van der Waals surface area contributed by atoms with E-state index in [4.69, 9.17) is 8.52 Å². The Kier molecular flexibility index (Phi) is 3.46. The Morgan fingerprint density at radius 3 is 2.12 bits per heavy atom. The first kappa shape index (κ1) is 13.6. The zero-order valence-corrected chi connectivity index (χ0v) is 11.3. The molecule has 6 heteroatoms. The molecular weight excluding hydrogens is 247 g/mol. The van der Waals surface area contributed by atoms with Gasteiger partial charge in [-0.05, 0) is 0 Å². The van der Waals surface area contributed by atoms with Gasteiger partial charge in [0.1, 0.15) is 0 Å². The van der Waals surface area contributed by atoms with Gasteiger partial charge in [-0.2, -0.15) is 0 Å². The van der Waals surface area contributed by atoms with Gasteiger partial charge < -0.3 is 0 Å². The summed E-state index contributed by atoms with van der Waals surface area (Å²) in [7, 11) is -4.40. The normalized spacial score (nSPS) is 15.4. The van der Waals surface area contributed by atoms with Crippen LogP contribution >= 0.6 is 6.83 Å². The first-order valence-corrected chi connectivity index (χ1v) is 9.83. The number of hydrogen-bond acceptors (Lipinski definition) is 3. The summed E-state index contributed by atoms with van der Waals surface area (Å²) in [6, 6.07) is 9.48. The van der Waals surface area contributed by atoms with Gasteiger partial charge in [-0.1, -0.05) is 0 Å². The van der Waals surface area contributed by atoms with Gasteiger partial charge in [-0.25, -0.2) is 0 Å². The average molecular weight is 264 g/mol. The molecule has 92 valence electrons. The Balaban J connectivity index is 2.93. The average Bonchev–Trinajstić information content (AvgIpc) is 1.97. The van der Waals surface area contributed by atoms with Crippen LogP contribution in [-0.2, 0) is 20.5 Å². The van der Waals surface area contributed by atoms with Gasteiger partial charge in [0.05, 0.1) is 0 Å². The maximum atomic E-state index is 10.8. The molecule has 0 bridgehead atoms. The van der Waals surface area contributed by atoms with Crippen molar-refractivity contribution in [2.24, 2.45) is 0 Å². The zero-order chi connectivity index (χ0) is 12.5. The van der Waals surface area contributed by atoms with Crippen LogP contribution in [0.3, 0.4) is 0 Å². The van der Waals surface area contributed by atoms with Crippen molar-refractivity contribution in [3.8, 4) is 0 Å². The topological polar surface area (TPSA) is 63.6 Å². The molecule has 1 aromatic carbocycles. The molecule has 0 saturated heterocycles. The number of rotatable bonds is 4. The van der Waals surface area contributed by atoms with Crippen molar-refractivity contribution in [3.63, 3.8) is 0 Å². The molecule has 0 aliphatic carbocycles. The maximum absolute atomic E-state index is 10.8. The molecule has 0 fully saturated rings. The second-order valence-corrected chi connectivity index (χ2v) is 12.8. The van der Waals surface area contributed by atoms with E-state index in [0.717, 1.165) is 5.56 Å². The van der Waals surface area contributed by atoms with E-state index >= 15 is 0 Å². The fraction of sp³-hybridized carbons (Fsp3) is 0.400. The van der Waals surface area contributed by atoms with E-state index in [0.29, 0.717) is 6.16 Å². The zero-order valence-electron chi connectivity index (χ0n) is 9.62.